The molecule has 0 saturated carbocycles. The summed E-state index contributed by atoms with van der Waals surface area (Å²) in [6.45, 7) is 5.05. The molecule has 0 bridgehead atoms. The van der Waals surface area contributed by atoms with E-state index in [-0.39, 0.29) is 11.7 Å². The number of aromatic nitrogens is 2. The lowest BCUT2D eigenvalue weighted by Crippen LogP contribution is -2.37. The van der Waals surface area contributed by atoms with Crippen LogP contribution in [0.3, 0.4) is 0 Å². The number of pyridine rings is 1. The first-order valence-electron chi connectivity index (χ1n) is 8.96. The molecule has 6 heteroatoms. The van der Waals surface area contributed by atoms with Gasteiger partial charge in [-0.15, -0.1) is 0 Å². The third-order valence-electron chi connectivity index (χ3n) is 4.34. The van der Waals surface area contributed by atoms with Gasteiger partial charge in [-0.1, -0.05) is 12.1 Å². The van der Waals surface area contributed by atoms with Gasteiger partial charge in [0.25, 0.3) is 5.91 Å². The zero-order chi connectivity index (χ0) is 19.2. The van der Waals surface area contributed by atoms with Gasteiger partial charge >= 0.3 is 0 Å². The van der Waals surface area contributed by atoms with Gasteiger partial charge in [-0.05, 0) is 50.2 Å². The van der Waals surface area contributed by atoms with Crippen LogP contribution in [0, 0.1) is 0 Å². The van der Waals surface area contributed by atoms with E-state index in [9.17, 15) is 9.90 Å². The maximum absolute atomic E-state index is 13.1. The van der Waals surface area contributed by atoms with Crippen LogP contribution in [0.5, 0.6) is 11.5 Å². The largest absolute Gasteiger partial charge is 0.508 e. The monoisotopic (exact) mass is 365 g/mol. The molecular formula is C21H23N3O3. The summed E-state index contributed by atoms with van der Waals surface area (Å²) in [5.74, 6) is 1.13. The second-order valence-corrected chi connectivity index (χ2v) is 6.02. The number of carbonyl (C=O) groups excluding carboxylic acids is 1. The minimum Gasteiger partial charge on any atom is -0.508 e. The molecule has 27 heavy (non-hydrogen) atoms. The molecule has 3 aromatic rings. The molecule has 0 radical (unpaired) electrons. The number of phenols is 1. The lowest BCUT2D eigenvalue weighted by Gasteiger charge is -2.26. The fourth-order valence-electron chi connectivity index (χ4n) is 2.88. The van der Waals surface area contributed by atoms with E-state index < -0.39 is 6.10 Å². The summed E-state index contributed by atoms with van der Waals surface area (Å²) in [5.41, 5.74) is 0.673. The van der Waals surface area contributed by atoms with Crippen molar-refractivity contribution in [1.29, 1.82) is 0 Å². The summed E-state index contributed by atoms with van der Waals surface area (Å²) < 4.78 is 8.02. The van der Waals surface area contributed by atoms with Crippen LogP contribution < -0.4 is 4.74 Å². The number of nitrogens with zero attached hydrogens (tertiary/aromatic N) is 3. The van der Waals surface area contributed by atoms with Crippen LogP contribution in [-0.2, 0) is 4.79 Å². The van der Waals surface area contributed by atoms with Crippen LogP contribution in [0.25, 0.3) is 5.82 Å². The summed E-state index contributed by atoms with van der Waals surface area (Å²) in [5, 5.41) is 9.59. The molecule has 1 atom stereocenters. The third kappa shape index (κ3) is 4.11. The Morgan fingerprint density at radius 2 is 1.78 bits per heavy atom. The molecule has 0 aliphatic heterocycles. The number of aromatic hydroxyl groups is 1. The fourth-order valence-corrected chi connectivity index (χ4v) is 2.88. The second-order valence-electron chi connectivity index (χ2n) is 6.02. The molecular weight excluding hydrogens is 342 g/mol. The number of amides is 1. The number of hydrogen-bond donors (Lipinski definition) is 1. The maximum Gasteiger partial charge on any atom is 0.268 e. The number of phenolic OH excluding ortho intramolecular Hbond substituents is 1. The summed E-state index contributed by atoms with van der Waals surface area (Å²) in [7, 11) is 0. The van der Waals surface area contributed by atoms with Crippen molar-refractivity contribution >= 4 is 5.91 Å². The van der Waals surface area contributed by atoms with Gasteiger partial charge in [-0.3, -0.25) is 4.79 Å². The van der Waals surface area contributed by atoms with Gasteiger partial charge in [0.05, 0.1) is 0 Å². The Labute approximate surface area is 158 Å². The Hall–Kier alpha value is -3.28. The molecule has 1 aromatic carbocycles. The Balaban J connectivity index is 2.00. The lowest BCUT2D eigenvalue weighted by atomic mass is 10.1. The minimum atomic E-state index is -0.830. The van der Waals surface area contributed by atoms with Crippen molar-refractivity contribution in [3.05, 3.63) is 72.7 Å². The van der Waals surface area contributed by atoms with Crippen molar-refractivity contribution in [2.24, 2.45) is 0 Å². The molecule has 0 aliphatic rings. The van der Waals surface area contributed by atoms with Crippen molar-refractivity contribution < 1.29 is 14.6 Å². The van der Waals surface area contributed by atoms with Gasteiger partial charge in [0.1, 0.15) is 5.75 Å². The van der Waals surface area contributed by atoms with Crippen LogP contribution in [-0.4, -0.2) is 38.6 Å². The van der Waals surface area contributed by atoms with E-state index in [1.165, 1.54) is 0 Å². The number of benzene rings is 1. The van der Waals surface area contributed by atoms with Gasteiger partial charge in [0, 0.05) is 37.2 Å². The molecule has 1 amide bonds. The molecule has 2 aromatic heterocycles. The van der Waals surface area contributed by atoms with E-state index in [4.69, 9.17) is 4.74 Å². The Bertz CT molecular complexity index is 872. The lowest BCUT2D eigenvalue weighted by molar-refractivity contribution is -0.138. The quantitative estimate of drug-likeness (QED) is 0.695. The standard InChI is InChI=1S/C21H23N3O3/c1-3-23(4-2)21(26)19(16-9-11-17(25)12-10-16)27-18-8-7-13-22-20(18)24-14-5-6-15-24/h5-15,19,25H,3-4H2,1-2H3. The molecule has 1 N–H and O–H groups in total. The summed E-state index contributed by atoms with van der Waals surface area (Å²) in [6.07, 6.45) is 4.60. The van der Waals surface area contributed by atoms with Crippen molar-refractivity contribution in [3.63, 3.8) is 0 Å². The smallest absolute Gasteiger partial charge is 0.268 e. The molecule has 6 nitrogen and oxygen atoms in total. The van der Waals surface area contributed by atoms with Crippen molar-refractivity contribution in [2.45, 2.75) is 20.0 Å². The van der Waals surface area contributed by atoms with Gasteiger partial charge in [0.2, 0.25) is 6.10 Å². The second kappa shape index (κ2) is 8.40. The Kier molecular flexibility index (Phi) is 5.76. The number of carbonyl (C=O) groups is 1. The Morgan fingerprint density at radius 3 is 2.41 bits per heavy atom. The van der Waals surface area contributed by atoms with E-state index in [2.05, 4.69) is 4.98 Å². The first-order valence-corrected chi connectivity index (χ1v) is 8.96. The molecule has 3 rings (SSSR count). The molecule has 2 heterocycles. The minimum absolute atomic E-state index is 0.131. The average Bonchev–Trinajstić information content (AvgIpc) is 3.23. The first kappa shape index (κ1) is 18.5. The van der Waals surface area contributed by atoms with Crippen molar-refractivity contribution in [3.8, 4) is 17.3 Å². The highest BCUT2D eigenvalue weighted by Gasteiger charge is 2.27. The number of likely N-dealkylation sites (N-methyl/N-ethyl adjacent to an activating group) is 1. The molecule has 0 saturated heterocycles. The predicted molar refractivity (Wildman–Crippen MR) is 103 cm³/mol. The van der Waals surface area contributed by atoms with Crippen LogP contribution in [0.15, 0.2) is 67.1 Å². The summed E-state index contributed by atoms with van der Waals surface area (Å²) >= 11 is 0. The molecule has 0 fully saturated rings. The first-order chi connectivity index (χ1) is 13.1. The van der Waals surface area contributed by atoms with E-state index in [0.29, 0.717) is 30.2 Å². The zero-order valence-electron chi connectivity index (χ0n) is 15.4. The maximum atomic E-state index is 13.1. The normalized spacial score (nSPS) is 11.8. The molecule has 0 spiro atoms. The van der Waals surface area contributed by atoms with Gasteiger partial charge in [-0.2, -0.15) is 0 Å². The summed E-state index contributed by atoms with van der Waals surface area (Å²) in [4.78, 5) is 19.2. The topological polar surface area (TPSA) is 67.6 Å². The fraction of sp³-hybridized carbons (Fsp3) is 0.238. The van der Waals surface area contributed by atoms with Crippen LogP contribution in [0.2, 0.25) is 0 Å². The van der Waals surface area contributed by atoms with Crippen molar-refractivity contribution in [2.75, 3.05) is 13.1 Å². The SMILES string of the molecule is CCN(CC)C(=O)C(Oc1cccnc1-n1cccc1)c1ccc(O)cc1. The third-order valence-corrected chi connectivity index (χ3v) is 4.34. The van der Waals surface area contributed by atoms with Gasteiger partial charge in [-0.25, -0.2) is 4.98 Å². The van der Waals surface area contributed by atoms with Crippen LogP contribution >= 0.6 is 0 Å². The zero-order valence-corrected chi connectivity index (χ0v) is 15.4. The van der Waals surface area contributed by atoms with Crippen LogP contribution in [0.4, 0.5) is 0 Å². The summed E-state index contributed by atoms with van der Waals surface area (Å²) in [6, 6.07) is 13.9. The van der Waals surface area contributed by atoms with E-state index in [1.54, 1.807) is 47.5 Å². The van der Waals surface area contributed by atoms with Crippen LogP contribution in [0.1, 0.15) is 25.5 Å². The number of ether oxygens (including phenoxy) is 1. The van der Waals surface area contributed by atoms with E-state index >= 15 is 0 Å². The highest BCUT2D eigenvalue weighted by Crippen LogP contribution is 2.29. The molecule has 0 aliphatic carbocycles. The van der Waals surface area contributed by atoms with Gasteiger partial charge < -0.3 is 19.3 Å². The number of rotatable bonds is 7. The average molecular weight is 365 g/mol. The van der Waals surface area contributed by atoms with Crippen molar-refractivity contribution in [1.82, 2.24) is 14.5 Å². The molecule has 1 unspecified atom stereocenters. The molecule has 140 valence electrons. The van der Waals surface area contributed by atoms with E-state index in [1.807, 2.05) is 42.9 Å². The highest BCUT2D eigenvalue weighted by atomic mass is 16.5. The Morgan fingerprint density at radius 1 is 1.11 bits per heavy atom. The van der Waals surface area contributed by atoms with Gasteiger partial charge in [0.15, 0.2) is 11.6 Å². The van der Waals surface area contributed by atoms with E-state index in [0.717, 1.165) is 0 Å². The predicted octanol–water partition coefficient (Wildman–Crippen LogP) is 3.57. The highest BCUT2D eigenvalue weighted by molar-refractivity contribution is 5.83. The number of hydrogen-bond acceptors (Lipinski definition) is 4.